The second-order valence-electron chi connectivity index (χ2n) is 4.77. The smallest absolute Gasteiger partial charge is 0.317 e. The summed E-state index contributed by atoms with van der Waals surface area (Å²) in [5.41, 5.74) is 0. The fraction of sp³-hybridized carbons (Fsp3) is 0.750. The number of carbonyl (C=O) groups is 2. The van der Waals surface area contributed by atoms with E-state index >= 15 is 0 Å². The Morgan fingerprint density at radius 3 is 2.83 bits per heavy atom. The number of unbranched alkanes of at least 4 members (excludes halogenated alkanes) is 1. The van der Waals surface area contributed by atoms with Gasteiger partial charge >= 0.3 is 12.0 Å². The Kier molecular flexibility index (Phi) is 5.43. The SMILES string of the molecule is CC1CC(C(=O)O)CN(C(=O)NCCCC#N)C1. The zero-order valence-corrected chi connectivity index (χ0v) is 10.6. The van der Waals surface area contributed by atoms with Crippen LogP contribution in [0, 0.1) is 23.2 Å². The van der Waals surface area contributed by atoms with Gasteiger partial charge in [0.2, 0.25) is 0 Å². The number of rotatable bonds is 4. The molecule has 100 valence electrons. The molecule has 6 nitrogen and oxygen atoms in total. The van der Waals surface area contributed by atoms with E-state index in [2.05, 4.69) is 5.32 Å². The molecular formula is C12H19N3O3. The van der Waals surface area contributed by atoms with Crippen molar-refractivity contribution in [2.24, 2.45) is 11.8 Å². The first-order chi connectivity index (χ1) is 8.54. The number of likely N-dealkylation sites (tertiary alicyclic amines) is 1. The minimum Gasteiger partial charge on any atom is -0.481 e. The molecule has 1 rings (SSSR count). The van der Waals surface area contributed by atoms with E-state index < -0.39 is 11.9 Å². The standard InChI is InChI=1S/C12H19N3O3/c1-9-6-10(11(16)17)8-15(7-9)12(18)14-5-3-2-4-13/h9-10H,2-3,5-8H2,1H3,(H,14,18)(H,16,17). The molecule has 0 radical (unpaired) electrons. The summed E-state index contributed by atoms with van der Waals surface area (Å²) < 4.78 is 0. The second kappa shape index (κ2) is 6.84. The third kappa shape index (κ3) is 4.24. The molecule has 1 saturated heterocycles. The molecule has 2 unspecified atom stereocenters. The van der Waals surface area contributed by atoms with Crippen LogP contribution in [0.5, 0.6) is 0 Å². The predicted molar refractivity (Wildman–Crippen MR) is 64.7 cm³/mol. The number of urea groups is 1. The monoisotopic (exact) mass is 253 g/mol. The molecular weight excluding hydrogens is 234 g/mol. The van der Waals surface area contributed by atoms with Crippen LogP contribution in [-0.4, -0.2) is 41.6 Å². The summed E-state index contributed by atoms with van der Waals surface area (Å²) in [6.45, 7) is 3.26. The van der Waals surface area contributed by atoms with Crippen molar-refractivity contribution in [2.75, 3.05) is 19.6 Å². The predicted octanol–water partition coefficient (Wildman–Crippen LogP) is 1.04. The molecule has 0 aromatic carbocycles. The van der Waals surface area contributed by atoms with Crippen molar-refractivity contribution in [1.82, 2.24) is 10.2 Å². The van der Waals surface area contributed by atoms with Crippen molar-refractivity contribution in [3.8, 4) is 6.07 Å². The van der Waals surface area contributed by atoms with Crippen molar-refractivity contribution in [1.29, 1.82) is 5.26 Å². The number of amides is 2. The van der Waals surface area contributed by atoms with Gasteiger partial charge in [-0.2, -0.15) is 5.26 Å². The van der Waals surface area contributed by atoms with E-state index in [4.69, 9.17) is 10.4 Å². The molecule has 0 aliphatic carbocycles. The molecule has 0 bridgehead atoms. The first kappa shape index (κ1) is 14.3. The highest BCUT2D eigenvalue weighted by atomic mass is 16.4. The van der Waals surface area contributed by atoms with Gasteiger partial charge in [-0.25, -0.2) is 4.79 Å². The normalized spacial score (nSPS) is 23.2. The fourth-order valence-electron chi connectivity index (χ4n) is 2.17. The molecule has 1 fully saturated rings. The highest BCUT2D eigenvalue weighted by Crippen LogP contribution is 2.21. The highest BCUT2D eigenvalue weighted by molar-refractivity contribution is 5.76. The maximum Gasteiger partial charge on any atom is 0.317 e. The Morgan fingerprint density at radius 1 is 1.50 bits per heavy atom. The number of hydrogen-bond donors (Lipinski definition) is 2. The van der Waals surface area contributed by atoms with Gasteiger partial charge in [0.25, 0.3) is 0 Å². The van der Waals surface area contributed by atoms with Crippen LogP contribution < -0.4 is 5.32 Å². The van der Waals surface area contributed by atoms with Gasteiger partial charge in [0.1, 0.15) is 0 Å². The topological polar surface area (TPSA) is 93.4 Å². The van der Waals surface area contributed by atoms with Crippen LogP contribution in [0.4, 0.5) is 4.79 Å². The zero-order chi connectivity index (χ0) is 13.5. The van der Waals surface area contributed by atoms with E-state index in [0.717, 1.165) is 0 Å². The van der Waals surface area contributed by atoms with Gasteiger partial charge in [-0.15, -0.1) is 0 Å². The number of nitriles is 1. The molecule has 0 aromatic heterocycles. The molecule has 2 amide bonds. The summed E-state index contributed by atoms with van der Waals surface area (Å²) in [5.74, 6) is -1.12. The van der Waals surface area contributed by atoms with E-state index in [9.17, 15) is 9.59 Å². The summed E-state index contributed by atoms with van der Waals surface area (Å²) in [5, 5.41) is 20.1. The van der Waals surface area contributed by atoms with Crippen LogP contribution in [0.25, 0.3) is 0 Å². The number of aliphatic carboxylic acids is 1. The maximum absolute atomic E-state index is 11.8. The fourth-order valence-corrected chi connectivity index (χ4v) is 2.17. The molecule has 0 spiro atoms. The molecule has 6 heteroatoms. The Balaban J connectivity index is 2.42. The Labute approximate surface area is 107 Å². The lowest BCUT2D eigenvalue weighted by Crippen LogP contribution is -2.49. The highest BCUT2D eigenvalue weighted by Gasteiger charge is 2.31. The van der Waals surface area contributed by atoms with Gasteiger partial charge in [0, 0.05) is 26.1 Å². The number of carboxylic acids is 1. The van der Waals surface area contributed by atoms with Crippen molar-refractivity contribution in [3.05, 3.63) is 0 Å². The van der Waals surface area contributed by atoms with Gasteiger partial charge in [-0.1, -0.05) is 6.92 Å². The Bertz CT molecular complexity index is 351. The third-order valence-electron chi connectivity index (χ3n) is 3.04. The van der Waals surface area contributed by atoms with Crippen LogP contribution >= 0.6 is 0 Å². The molecule has 2 N–H and O–H groups in total. The maximum atomic E-state index is 11.8. The van der Waals surface area contributed by atoms with E-state index in [1.54, 1.807) is 4.90 Å². The number of carbonyl (C=O) groups excluding carboxylic acids is 1. The summed E-state index contributed by atoms with van der Waals surface area (Å²) in [6, 6.07) is 1.78. The number of carboxylic acid groups (broad SMARTS) is 1. The number of piperidine rings is 1. The zero-order valence-electron chi connectivity index (χ0n) is 10.6. The molecule has 2 atom stereocenters. The molecule has 1 heterocycles. The van der Waals surface area contributed by atoms with E-state index in [0.29, 0.717) is 32.4 Å². The molecule has 0 aromatic rings. The van der Waals surface area contributed by atoms with Gasteiger partial charge in [-0.05, 0) is 18.8 Å². The summed E-state index contributed by atoms with van der Waals surface area (Å²) in [4.78, 5) is 24.3. The van der Waals surface area contributed by atoms with E-state index in [1.165, 1.54) is 0 Å². The van der Waals surface area contributed by atoms with Crippen LogP contribution in [0.15, 0.2) is 0 Å². The van der Waals surface area contributed by atoms with E-state index in [1.807, 2.05) is 13.0 Å². The Hall–Kier alpha value is -1.77. The number of nitrogens with zero attached hydrogens (tertiary/aromatic N) is 2. The number of hydrogen-bond acceptors (Lipinski definition) is 3. The largest absolute Gasteiger partial charge is 0.481 e. The van der Waals surface area contributed by atoms with Crippen LogP contribution in [0.1, 0.15) is 26.2 Å². The summed E-state index contributed by atoms with van der Waals surface area (Å²) in [7, 11) is 0. The van der Waals surface area contributed by atoms with E-state index in [-0.39, 0.29) is 18.5 Å². The van der Waals surface area contributed by atoms with Crippen LogP contribution in [0.3, 0.4) is 0 Å². The molecule has 0 saturated carbocycles. The average molecular weight is 253 g/mol. The van der Waals surface area contributed by atoms with Crippen LogP contribution in [-0.2, 0) is 4.79 Å². The number of nitrogens with one attached hydrogen (secondary N) is 1. The van der Waals surface area contributed by atoms with Crippen LogP contribution in [0.2, 0.25) is 0 Å². The van der Waals surface area contributed by atoms with Gasteiger partial charge < -0.3 is 15.3 Å². The molecule has 1 aliphatic rings. The minimum atomic E-state index is -0.844. The van der Waals surface area contributed by atoms with Crippen molar-refractivity contribution in [2.45, 2.75) is 26.2 Å². The lowest BCUT2D eigenvalue weighted by atomic mass is 9.91. The third-order valence-corrected chi connectivity index (χ3v) is 3.04. The van der Waals surface area contributed by atoms with Crippen molar-refractivity contribution >= 4 is 12.0 Å². The quantitative estimate of drug-likeness (QED) is 0.732. The first-order valence-electron chi connectivity index (χ1n) is 6.17. The average Bonchev–Trinajstić information content (AvgIpc) is 2.33. The van der Waals surface area contributed by atoms with Gasteiger partial charge in [0.05, 0.1) is 12.0 Å². The molecule has 1 aliphatic heterocycles. The van der Waals surface area contributed by atoms with Crippen molar-refractivity contribution in [3.63, 3.8) is 0 Å². The summed E-state index contributed by atoms with van der Waals surface area (Å²) >= 11 is 0. The van der Waals surface area contributed by atoms with Gasteiger partial charge in [-0.3, -0.25) is 4.79 Å². The lowest BCUT2D eigenvalue weighted by Gasteiger charge is -2.34. The minimum absolute atomic E-state index is 0.199. The Morgan fingerprint density at radius 2 is 2.22 bits per heavy atom. The van der Waals surface area contributed by atoms with Gasteiger partial charge in [0.15, 0.2) is 0 Å². The summed E-state index contributed by atoms with van der Waals surface area (Å²) in [6.07, 6.45) is 1.65. The first-order valence-corrected chi connectivity index (χ1v) is 6.17. The lowest BCUT2D eigenvalue weighted by molar-refractivity contribution is -0.143. The van der Waals surface area contributed by atoms with Crippen molar-refractivity contribution < 1.29 is 14.7 Å². The molecule has 18 heavy (non-hydrogen) atoms. The second-order valence-corrected chi connectivity index (χ2v) is 4.77.